The molecular formula is C10H13F2NO. The Morgan fingerprint density at radius 2 is 1.93 bits per heavy atom. The molecule has 0 bridgehead atoms. The minimum atomic E-state index is -2.60. The summed E-state index contributed by atoms with van der Waals surface area (Å²) >= 11 is 0. The van der Waals surface area contributed by atoms with E-state index in [2.05, 4.69) is 0 Å². The Balaban J connectivity index is 2.29. The van der Waals surface area contributed by atoms with E-state index >= 15 is 0 Å². The van der Waals surface area contributed by atoms with Crippen LogP contribution in [0.1, 0.15) is 29.9 Å². The summed E-state index contributed by atoms with van der Waals surface area (Å²) in [5, 5.41) is 0. The molecule has 14 heavy (non-hydrogen) atoms. The van der Waals surface area contributed by atoms with Gasteiger partial charge in [-0.05, 0) is 19.9 Å². The van der Waals surface area contributed by atoms with Gasteiger partial charge in [-0.2, -0.15) is 0 Å². The fourth-order valence-electron chi connectivity index (χ4n) is 2.19. The molecule has 4 heteroatoms. The Morgan fingerprint density at radius 3 is 2.29 bits per heavy atom. The number of nitrogens with two attached hydrogens (primary N) is 1. The highest BCUT2D eigenvalue weighted by Crippen LogP contribution is 2.50. The Hall–Kier alpha value is -0.900. The SMILES string of the molecule is Cc1cc(C2(N)CC(F)(F)C2)c(C)o1. The lowest BCUT2D eigenvalue weighted by Gasteiger charge is -2.44. The highest BCUT2D eigenvalue weighted by atomic mass is 19.3. The summed E-state index contributed by atoms with van der Waals surface area (Å²) in [6.45, 7) is 3.55. The number of rotatable bonds is 1. The Morgan fingerprint density at radius 1 is 1.36 bits per heavy atom. The lowest BCUT2D eigenvalue weighted by molar-refractivity contribution is -0.125. The van der Waals surface area contributed by atoms with E-state index in [0.29, 0.717) is 5.76 Å². The lowest BCUT2D eigenvalue weighted by atomic mass is 9.70. The van der Waals surface area contributed by atoms with Gasteiger partial charge in [-0.1, -0.05) is 0 Å². The third-order valence-electron chi connectivity index (χ3n) is 2.73. The van der Waals surface area contributed by atoms with Crippen LogP contribution >= 0.6 is 0 Å². The summed E-state index contributed by atoms with van der Waals surface area (Å²) < 4.78 is 30.8. The van der Waals surface area contributed by atoms with E-state index in [1.807, 2.05) is 0 Å². The van der Waals surface area contributed by atoms with E-state index in [9.17, 15) is 8.78 Å². The molecule has 0 amide bonds. The molecular weight excluding hydrogens is 188 g/mol. The molecule has 0 aromatic carbocycles. The van der Waals surface area contributed by atoms with Gasteiger partial charge >= 0.3 is 0 Å². The molecule has 1 aromatic heterocycles. The smallest absolute Gasteiger partial charge is 0.252 e. The molecule has 1 saturated carbocycles. The van der Waals surface area contributed by atoms with E-state index in [1.54, 1.807) is 19.9 Å². The predicted molar refractivity (Wildman–Crippen MR) is 48.2 cm³/mol. The van der Waals surface area contributed by atoms with Crippen molar-refractivity contribution in [3.05, 3.63) is 23.2 Å². The molecule has 2 nitrogen and oxygen atoms in total. The molecule has 0 unspecified atom stereocenters. The third kappa shape index (κ3) is 1.34. The van der Waals surface area contributed by atoms with Crippen LogP contribution in [-0.2, 0) is 5.54 Å². The molecule has 0 saturated heterocycles. The molecule has 1 aliphatic carbocycles. The maximum atomic E-state index is 12.7. The van der Waals surface area contributed by atoms with Crippen LogP contribution in [0.5, 0.6) is 0 Å². The topological polar surface area (TPSA) is 39.2 Å². The lowest BCUT2D eigenvalue weighted by Crippen LogP contribution is -2.55. The van der Waals surface area contributed by atoms with Gasteiger partial charge in [-0.15, -0.1) is 0 Å². The zero-order valence-corrected chi connectivity index (χ0v) is 8.23. The minimum absolute atomic E-state index is 0.278. The zero-order chi connectivity index (χ0) is 10.6. The van der Waals surface area contributed by atoms with Gasteiger partial charge in [0.1, 0.15) is 11.5 Å². The number of aryl methyl sites for hydroxylation is 2. The summed E-state index contributed by atoms with van der Waals surface area (Å²) in [5.41, 5.74) is 5.71. The molecule has 0 spiro atoms. The number of halogens is 2. The van der Waals surface area contributed by atoms with Crippen LogP contribution in [0.2, 0.25) is 0 Å². The van der Waals surface area contributed by atoms with Crippen LogP contribution in [0.25, 0.3) is 0 Å². The van der Waals surface area contributed by atoms with Crippen LogP contribution in [0.4, 0.5) is 8.78 Å². The highest BCUT2D eigenvalue weighted by molar-refractivity contribution is 5.32. The highest BCUT2D eigenvalue weighted by Gasteiger charge is 2.56. The first-order valence-corrected chi connectivity index (χ1v) is 4.57. The van der Waals surface area contributed by atoms with Gasteiger partial charge in [0.25, 0.3) is 5.92 Å². The second kappa shape index (κ2) is 2.57. The molecule has 1 aliphatic rings. The predicted octanol–water partition coefficient (Wildman–Crippen LogP) is 2.48. The molecule has 2 rings (SSSR count). The zero-order valence-electron chi connectivity index (χ0n) is 8.23. The van der Waals surface area contributed by atoms with E-state index in [-0.39, 0.29) is 12.8 Å². The number of hydrogen-bond acceptors (Lipinski definition) is 2. The first kappa shape index (κ1) is 9.65. The largest absolute Gasteiger partial charge is 0.466 e. The molecule has 1 heterocycles. The average molecular weight is 201 g/mol. The average Bonchev–Trinajstić information content (AvgIpc) is 2.25. The minimum Gasteiger partial charge on any atom is -0.466 e. The second-order valence-electron chi connectivity index (χ2n) is 4.19. The summed E-state index contributed by atoms with van der Waals surface area (Å²) in [5.74, 6) is -1.23. The van der Waals surface area contributed by atoms with Crippen LogP contribution in [0, 0.1) is 13.8 Å². The van der Waals surface area contributed by atoms with E-state index < -0.39 is 11.5 Å². The van der Waals surface area contributed by atoms with Gasteiger partial charge in [-0.25, -0.2) is 8.78 Å². The number of hydrogen-bond donors (Lipinski definition) is 1. The Bertz CT molecular complexity index is 362. The molecule has 0 atom stereocenters. The third-order valence-corrected chi connectivity index (χ3v) is 2.73. The van der Waals surface area contributed by atoms with Crippen molar-refractivity contribution in [3.8, 4) is 0 Å². The quantitative estimate of drug-likeness (QED) is 0.758. The monoisotopic (exact) mass is 201 g/mol. The molecule has 0 radical (unpaired) electrons. The fourth-order valence-corrected chi connectivity index (χ4v) is 2.19. The second-order valence-corrected chi connectivity index (χ2v) is 4.19. The first-order chi connectivity index (χ1) is 6.32. The van der Waals surface area contributed by atoms with Crippen molar-refractivity contribution in [3.63, 3.8) is 0 Å². The van der Waals surface area contributed by atoms with Crippen molar-refractivity contribution in [2.75, 3.05) is 0 Å². The first-order valence-electron chi connectivity index (χ1n) is 4.57. The summed E-state index contributed by atoms with van der Waals surface area (Å²) in [7, 11) is 0. The van der Waals surface area contributed by atoms with E-state index in [0.717, 1.165) is 11.3 Å². The van der Waals surface area contributed by atoms with Crippen molar-refractivity contribution < 1.29 is 13.2 Å². The summed E-state index contributed by atoms with van der Waals surface area (Å²) in [6, 6.07) is 1.75. The maximum absolute atomic E-state index is 12.7. The van der Waals surface area contributed by atoms with Crippen molar-refractivity contribution in [2.45, 2.75) is 38.2 Å². The fraction of sp³-hybridized carbons (Fsp3) is 0.600. The summed E-state index contributed by atoms with van der Waals surface area (Å²) in [4.78, 5) is 0. The number of alkyl halides is 2. The normalized spacial score (nSPS) is 23.2. The molecule has 0 aliphatic heterocycles. The van der Waals surface area contributed by atoms with Crippen molar-refractivity contribution in [1.82, 2.24) is 0 Å². The van der Waals surface area contributed by atoms with Gasteiger partial charge in [0.15, 0.2) is 0 Å². The molecule has 2 N–H and O–H groups in total. The number of furan rings is 1. The molecule has 1 aromatic rings. The van der Waals surface area contributed by atoms with E-state index in [4.69, 9.17) is 10.2 Å². The van der Waals surface area contributed by atoms with Crippen LogP contribution < -0.4 is 5.73 Å². The molecule has 1 fully saturated rings. The summed E-state index contributed by atoms with van der Waals surface area (Å²) in [6.07, 6.45) is -0.556. The van der Waals surface area contributed by atoms with Gasteiger partial charge < -0.3 is 10.2 Å². The van der Waals surface area contributed by atoms with Crippen LogP contribution in [0.15, 0.2) is 10.5 Å². The Kier molecular flexibility index (Phi) is 1.77. The van der Waals surface area contributed by atoms with Gasteiger partial charge in [-0.3, -0.25) is 0 Å². The van der Waals surface area contributed by atoms with Crippen molar-refractivity contribution in [2.24, 2.45) is 5.73 Å². The van der Waals surface area contributed by atoms with Crippen LogP contribution in [-0.4, -0.2) is 5.92 Å². The molecule has 78 valence electrons. The standard InChI is InChI=1S/C10H13F2NO/c1-6-3-8(7(2)14-6)9(13)4-10(11,12)5-9/h3H,4-5,13H2,1-2H3. The van der Waals surface area contributed by atoms with Crippen LogP contribution in [0.3, 0.4) is 0 Å². The van der Waals surface area contributed by atoms with Crippen molar-refractivity contribution in [1.29, 1.82) is 0 Å². The van der Waals surface area contributed by atoms with E-state index in [1.165, 1.54) is 0 Å². The maximum Gasteiger partial charge on any atom is 0.252 e. The Labute approximate surface area is 81.1 Å². The van der Waals surface area contributed by atoms with Gasteiger partial charge in [0.2, 0.25) is 0 Å². The van der Waals surface area contributed by atoms with Gasteiger partial charge in [0.05, 0.1) is 5.54 Å². The van der Waals surface area contributed by atoms with Crippen molar-refractivity contribution >= 4 is 0 Å². The van der Waals surface area contributed by atoms with Gasteiger partial charge in [0, 0.05) is 18.4 Å².